The molecule has 116 valence electrons. The van der Waals surface area contributed by atoms with Gasteiger partial charge >= 0.3 is 0 Å². The molecule has 0 saturated heterocycles. The van der Waals surface area contributed by atoms with Crippen LogP contribution in [0.4, 0.5) is 0 Å². The highest BCUT2D eigenvalue weighted by Gasteiger charge is 2.14. The van der Waals surface area contributed by atoms with E-state index in [9.17, 15) is 4.79 Å². The second-order valence-corrected chi connectivity index (χ2v) is 6.49. The number of benzene rings is 2. The van der Waals surface area contributed by atoms with Gasteiger partial charge in [-0.05, 0) is 27.2 Å². The maximum Gasteiger partial charge on any atom is 0.287 e. The van der Waals surface area contributed by atoms with Crippen LogP contribution in [0.1, 0.15) is 10.4 Å². The van der Waals surface area contributed by atoms with Crippen molar-refractivity contribution in [3.63, 3.8) is 0 Å². The van der Waals surface area contributed by atoms with E-state index in [4.69, 9.17) is 0 Å². The van der Waals surface area contributed by atoms with Gasteiger partial charge in [0.15, 0.2) is 12.2 Å². The number of hydrogen-bond donors (Lipinski definition) is 0. The zero-order valence-electron chi connectivity index (χ0n) is 12.9. The van der Waals surface area contributed by atoms with Gasteiger partial charge in [0, 0.05) is 11.6 Å². The first-order chi connectivity index (χ1) is 11.8. The number of hydrogen-bond acceptors (Lipinski definition) is 3. The van der Waals surface area contributed by atoms with Crippen molar-refractivity contribution >= 4 is 27.9 Å². The molecular weight excluding hydrogens is 316 g/mol. The Hall–Kier alpha value is -2.85. The summed E-state index contributed by atoms with van der Waals surface area (Å²) >= 11 is 1.66. The number of aromatic nitrogens is 2. The first-order valence-corrected chi connectivity index (χ1v) is 8.59. The predicted molar refractivity (Wildman–Crippen MR) is 96.0 cm³/mol. The molecule has 0 unspecified atom stereocenters. The molecule has 0 amide bonds. The Morgan fingerprint density at radius 3 is 2.67 bits per heavy atom. The van der Waals surface area contributed by atoms with Gasteiger partial charge in [-0.1, -0.05) is 48.5 Å². The van der Waals surface area contributed by atoms with Crippen molar-refractivity contribution in [3.8, 4) is 10.6 Å². The van der Waals surface area contributed by atoms with Gasteiger partial charge in [0.25, 0.3) is 6.33 Å². The number of carbonyl (C=O) groups excluding carboxylic acids is 1. The highest BCUT2D eigenvalue weighted by atomic mass is 32.1. The number of carbonyl (C=O) groups is 1. The third kappa shape index (κ3) is 2.84. The molecule has 2 aromatic heterocycles. The molecule has 0 aliphatic heterocycles. The molecule has 3 nitrogen and oxygen atoms in total. The van der Waals surface area contributed by atoms with Crippen molar-refractivity contribution in [2.75, 3.05) is 0 Å². The van der Waals surface area contributed by atoms with Crippen LogP contribution in [0.2, 0.25) is 0 Å². The van der Waals surface area contributed by atoms with Crippen LogP contribution in [0.3, 0.4) is 0 Å². The van der Waals surface area contributed by atoms with Gasteiger partial charge in [-0.15, -0.1) is 11.3 Å². The Morgan fingerprint density at radius 2 is 1.88 bits per heavy atom. The normalized spacial score (nSPS) is 10.8. The number of fused-ring (bicyclic) bond motifs is 1. The fourth-order valence-corrected chi connectivity index (χ4v) is 3.47. The first kappa shape index (κ1) is 14.7. The van der Waals surface area contributed by atoms with Gasteiger partial charge in [-0.25, -0.2) is 4.57 Å². The molecule has 0 bridgehead atoms. The zero-order valence-corrected chi connectivity index (χ0v) is 13.7. The molecule has 0 spiro atoms. The largest absolute Gasteiger partial charge is 0.290 e. The van der Waals surface area contributed by atoms with E-state index in [1.165, 1.54) is 0 Å². The van der Waals surface area contributed by atoms with Crippen molar-refractivity contribution in [2.45, 2.75) is 6.54 Å². The summed E-state index contributed by atoms with van der Waals surface area (Å²) in [6.45, 7) is 0.283. The van der Waals surface area contributed by atoms with E-state index >= 15 is 0 Å². The molecule has 0 aliphatic carbocycles. The molecule has 4 aromatic rings. The van der Waals surface area contributed by atoms with Gasteiger partial charge in [-0.3, -0.25) is 4.79 Å². The number of thiophene rings is 1. The lowest BCUT2D eigenvalue weighted by atomic mass is 10.0. The van der Waals surface area contributed by atoms with Crippen LogP contribution in [0.5, 0.6) is 0 Å². The van der Waals surface area contributed by atoms with E-state index in [0.29, 0.717) is 0 Å². The van der Waals surface area contributed by atoms with Crippen LogP contribution >= 0.6 is 11.3 Å². The summed E-state index contributed by atoms with van der Waals surface area (Å²) < 4.78 is 1.82. The standard InChI is InChI=1S/C20H15N2OS/c23-19(17-8-3-6-15-5-1-2-7-16(15)17)13-22-11-10-18(21-14-22)20-9-4-12-24-20/h1-12,14H,13H2/q+1. The van der Waals surface area contributed by atoms with E-state index < -0.39 is 0 Å². The minimum Gasteiger partial charge on any atom is -0.290 e. The molecule has 0 fully saturated rings. The van der Waals surface area contributed by atoms with Crippen LogP contribution < -0.4 is 4.57 Å². The lowest BCUT2D eigenvalue weighted by molar-refractivity contribution is -0.686. The summed E-state index contributed by atoms with van der Waals surface area (Å²) in [4.78, 5) is 18.3. The van der Waals surface area contributed by atoms with Crippen molar-refractivity contribution < 1.29 is 9.36 Å². The summed E-state index contributed by atoms with van der Waals surface area (Å²) in [6.07, 6.45) is 3.63. The topological polar surface area (TPSA) is 33.8 Å². The Bertz CT molecular complexity index is 987. The Morgan fingerprint density at radius 1 is 1.00 bits per heavy atom. The Kier molecular flexibility index (Phi) is 3.89. The maximum absolute atomic E-state index is 12.7. The van der Waals surface area contributed by atoms with Crippen molar-refractivity contribution in [3.05, 3.63) is 84.1 Å². The number of nitrogens with zero attached hydrogens (tertiary/aromatic N) is 2. The quantitative estimate of drug-likeness (QED) is 0.416. The van der Waals surface area contributed by atoms with Crippen LogP contribution in [0.15, 0.2) is 78.6 Å². The monoisotopic (exact) mass is 331 g/mol. The summed E-state index contributed by atoms with van der Waals surface area (Å²) in [7, 11) is 0. The lowest BCUT2D eigenvalue weighted by Crippen LogP contribution is -2.37. The molecule has 4 heteroatoms. The highest BCUT2D eigenvalue weighted by Crippen LogP contribution is 2.21. The molecule has 0 atom stereocenters. The first-order valence-electron chi connectivity index (χ1n) is 7.71. The molecule has 0 aliphatic rings. The minimum atomic E-state index is 0.0856. The summed E-state index contributed by atoms with van der Waals surface area (Å²) in [5.41, 5.74) is 1.68. The fraction of sp³-hybridized carbons (Fsp3) is 0.0500. The van der Waals surface area contributed by atoms with E-state index in [0.717, 1.165) is 26.9 Å². The predicted octanol–water partition coefficient (Wildman–Crippen LogP) is 4.13. The van der Waals surface area contributed by atoms with Gasteiger partial charge < -0.3 is 0 Å². The molecule has 2 heterocycles. The zero-order chi connectivity index (χ0) is 16.4. The van der Waals surface area contributed by atoms with E-state index in [1.807, 2.05) is 76.8 Å². The highest BCUT2D eigenvalue weighted by molar-refractivity contribution is 7.13. The summed E-state index contributed by atoms with van der Waals surface area (Å²) in [5.74, 6) is 0.0856. The van der Waals surface area contributed by atoms with Gasteiger partial charge in [0.05, 0.1) is 11.1 Å². The second-order valence-electron chi connectivity index (χ2n) is 5.55. The van der Waals surface area contributed by atoms with Crippen LogP contribution in [-0.2, 0) is 6.54 Å². The van der Waals surface area contributed by atoms with Gasteiger partial charge in [-0.2, -0.15) is 0 Å². The fourth-order valence-electron chi connectivity index (χ4n) is 2.77. The maximum atomic E-state index is 12.7. The molecule has 4 rings (SSSR count). The molecular formula is C20H15N2OS+. The van der Waals surface area contributed by atoms with Crippen LogP contribution in [0.25, 0.3) is 21.3 Å². The number of ketones is 1. The molecule has 0 N–H and O–H groups in total. The van der Waals surface area contributed by atoms with Gasteiger partial charge in [0.2, 0.25) is 5.78 Å². The average Bonchev–Trinajstić information content (AvgIpc) is 3.16. The third-order valence-electron chi connectivity index (χ3n) is 3.96. The second kappa shape index (κ2) is 6.34. The van der Waals surface area contributed by atoms with E-state index in [-0.39, 0.29) is 12.3 Å². The number of rotatable bonds is 4. The summed E-state index contributed by atoms with van der Waals surface area (Å²) in [6, 6.07) is 19.8. The van der Waals surface area contributed by atoms with Gasteiger partial charge in [0.1, 0.15) is 0 Å². The van der Waals surface area contributed by atoms with Crippen molar-refractivity contribution in [1.82, 2.24) is 4.98 Å². The lowest BCUT2D eigenvalue weighted by Gasteiger charge is -2.05. The van der Waals surface area contributed by atoms with Crippen LogP contribution in [-0.4, -0.2) is 10.8 Å². The smallest absolute Gasteiger partial charge is 0.287 e. The number of Topliss-reactive ketones (excluding diaryl/α,β-unsaturated/α-hetero) is 1. The minimum absolute atomic E-state index is 0.0856. The Balaban J connectivity index is 1.59. The SMILES string of the molecule is O=C(C[n+]1ccc(-c2cccs2)nc1)c1cccc2ccccc12. The molecule has 0 saturated carbocycles. The summed E-state index contributed by atoms with van der Waals surface area (Å²) in [5, 5.41) is 4.11. The van der Waals surface area contributed by atoms with Crippen molar-refractivity contribution in [1.29, 1.82) is 0 Å². The molecule has 0 radical (unpaired) electrons. The van der Waals surface area contributed by atoms with E-state index in [1.54, 1.807) is 17.7 Å². The average molecular weight is 331 g/mol. The third-order valence-corrected chi connectivity index (χ3v) is 4.85. The molecule has 24 heavy (non-hydrogen) atoms. The van der Waals surface area contributed by atoms with Crippen molar-refractivity contribution in [2.24, 2.45) is 0 Å². The molecule has 2 aromatic carbocycles. The Labute approximate surface area is 143 Å². The van der Waals surface area contributed by atoms with Crippen LogP contribution in [0, 0.1) is 0 Å². The van der Waals surface area contributed by atoms with E-state index in [2.05, 4.69) is 4.98 Å².